The summed E-state index contributed by atoms with van der Waals surface area (Å²) in [5.41, 5.74) is 0.497. The Balaban J connectivity index is 0.000000493. The number of carboxylic acid groups (broad SMARTS) is 2. The molecule has 1 saturated heterocycles. The lowest BCUT2D eigenvalue weighted by Gasteiger charge is -2.29. The van der Waals surface area contributed by atoms with Crippen molar-refractivity contribution in [2.45, 2.75) is 63.1 Å². The molecule has 9 nitrogen and oxygen atoms in total. The summed E-state index contributed by atoms with van der Waals surface area (Å²) in [5, 5.41) is 18.5. The Morgan fingerprint density at radius 3 is 2.22 bits per heavy atom. The van der Waals surface area contributed by atoms with Crippen LogP contribution in [0.25, 0.3) is 0 Å². The molecule has 0 bridgehead atoms. The quantitative estimate of drug-likeness (QED) is 0.450. The van der Waals surface area contributed by atoms with Gasteiger partial charge in [0.2, 0.25) is 11.8 Å². The van der Waals surface area contributed by atoms with Crippen molar-refractivity contribution in [2.24, 2.45) is 0 Å². The molecule has 1 aliphatic carbocycles. The second-order valence-electron chi connectivity index (χ2n) is 8.63. The fourth-order valence-corrected chi connectivity index (χ4v) is 3.99. The van der Waals surface area contributed by atoms with Gasteiger partial charge in [0.05, 0.1) is 19.3 Å². The van der Waals surface area contributed by atoms with E-state index >= 15 is 0 Å². The van der Waals surface area contributed by atoms with Gasteiger partial charge in [0.1, 0.15) is 5.75 Å². The molecule has 36 heavy (non-hydrogen) atoms. The fraction of sp³-hybridized carbons (Fsp3) is 0.542. The Labute approximate surface area is 206 Å². The minimum Gasteiger partial charge on any atom is -0.496 e. The second-order valence-corrected chi connectivity index (χ2v) is 8.63. The molecule has 200 valence electrons. The summed E-state index contributed by atoms with van der Waals surface area (Å²) in [5.74, 6) is -5.49. The van der Waals surface area contributed by atoms with E-state index in [0.717, 1.165) is 19.4 Å². The summed E-state index contributed by atoms with van der Waals surface area (Å²) < 4.78 is 52.0. The number of benzene rings is 1. The van der Waals surface area contributed by atoms with Crippen LogP contribution in [0.1, 0.15) is 44.1 Å². The van der Waals surface area contributed by atoms with Crippen LogP contribution in [0.15, 0.2) is 24.3 Å². The number of likely N-dealkylation sites (N-methyl/N-ethyl adjacent to an activating group) is 1. The van der Waals surface area contributed by atoms with Crippen molar-refractivity contribution >= 4 is 17.8 Å². The van der Waals surface area contributed by atoms with Crippen molar-refractivity contribution in [3.8, 4) is 11.5 Å². The summed E-state index contributed by atoms with van der Waals surface area (Å²) in [4.78, 5) is 33.4. The van der Waals surface area contributed by atoms with Crippen LogP contribution >= 0.6 is 0 Å². The first-order valence-electron chi connectivity index (χ1n) is 11.4. The Bertz CT molecular complexity index is 945. The number of hydrogen-bond acceptors (Lipinski definition) is 6. The highest BCUT2D eigenvalue weighted by Crippen LogP contribution is 2.36. The van der Waals surface area contributed by atoms with Crippen LogP contribution in [-0.2, 0) is 20.9 Å². The second kappa shape index (κ2) is 13.1. The smallest absolute Gasteiger partial charge is 0.328 e. The van der Waals surface area contributed by atoms with E-state index in [9.17, 15) is 27.6 Å². The SMILES string of the molecule is COc1cc(OC2CCC(F)(F)CC2)c(F)cc1CNC(=O)[C@@H]1CCCN1C.O=C(O)/C=C/C(=O)O. The maximum atomic E-state index is 14.5. The number of aliphatic carboxylic acids is 2. The predicted molar refractivity (Wildman–Crippen MR) is 123 cm³/mol. The third-order valence-electron chi connectivity index (χ3n) is 5.94. The van der Waals surface area contributed by atoms with Gasteiger partial charge in [0.25, 0.3) is 0 Å². The number of alkyl halides is 2. The number of likely N-dealkylation sites (tertiary alicyclic amines) is 1. The van der Waals surface area contributed by atoms with Crippen LogP contribution in [0.3, 0.4) is 0 Å². The van der Waals surface area contributed by atoms with Crippen LogP contribution < -0.4 is 14.8 Å². The minimum atomic E-state index is -2.66. The number of hydrogen-bond donors (Lipinski definition) is 3. The molecule has 2 aliphatic rings. The van der Waals surface area contributed by atoms with Gasteiger partial charge in [-0.15, -0.1) is 0 Å². The molecule has 12 heteroatoms. The fourth-order valence-electron chi connectivity index (χ4n) is 3.99. The highest BCUT2D eigenvalue weighted by Gasteiger charge is 2.36. The van der Waals surface area contributed by atoms with E-state index in [-0.39, 0.29) is 49.9 Å². The third kappa shape index (κ3) is 9.06. The van der Waals surface area contributed by atoms with Crippen molar-refractivity contribution in [2.75, 3.05) is 20.7 Å². The number of carboxylic acids is 2. The Hall–Kier alpha value is -3.28. The Morgan fingerprint density at radius 2 is 1.72 bits per heavy atom. The molecular formula is C24H31F3N2O7. The average molecular weight is 517 g/mol. The van der Waals surface area contributed by atoms with Crippen LogP contribution in [0.2, 0.25) is 0 Å². The van der Waals surface area contributed by atoms with Gasteiger partial charge in [-0.1, -0.05) is 0 Å². The molecule has 1 aliphatic heterocycles. The van der Waals surface area contributed by atoms with Crippen LogP contribution in [0.4, 0.5) is 13.2 Å². The lowest BCUT2D eigenvalue weighted by atomic mass is 9.94. The molecule has 1 atom stereocenters. The van der Waals surface area contributed by atoms with E-state index in [1.165, 1.54) is 19.2 Å². The molecule has 1 heterocycles. The molecule has 3 N–H and O–H groups in total. The zero-order valence-corrected chi connectivity index (χ0v) is 20.1. The first kappa shape index (κ1) is 29.0. The number of rotatable bonds is 8. The maximum absolute atomic E-state index is 14.5. The number of methoxy groups -OCH3 is 1. The molecule has 3 rings (SSSR count). The van der Waals surface area contributed by atoms with Crippen molar-refractivity contribution in [1.82, 2.24) is 10.2 Å². The highest BCUT2D eigenvalue weighted by molar-refractivity contribution is 5.89. The van der Waals surface area contributed by atoms with Gasteiger partial charge >= 0.3 is 11.9 Å². The monoisotopic (exact) mass is 516 g/mol. The van der Waals surface area contributed by atoms with Gasteiger partial charge in [0.15, 0.2) is 11.6 Å². The summed E-state index contributed by atoms with van der Waals surface area (Å²) in [6.07, 6.45) is 2.31. The largest absolute Gasteiger partial charge is 0.496 e. The first-order chi connectivity index (χ1) is 16.9. The third-order valence-corrected chi connectivity index (χ3v) is 5.94. The number of halogens is 3. The molecule has 0 spiro atoms. The molecule has 1 saturated carbocycles. The first-order valence-corrected chi connectivity index (χ1v) is 11.4. The number of nitrogens with one attached hydrogen (secondary N) is 1. The number of ether oxygens (including phenoxy) is 2. The Morgan fingerprint density at radius 1 is 1.11 bits per heavy atom. The molecule has 0 aromatic heterocycles. The van der Waals surface area contributed by atoms with E-state index in [1.54, 1.807) is 0 Å². The lowest BCUT2D eigenvalue weighted by Crippen LogP contribution is -2.41. The van der Waals surface area contributed by atoms with Gasteiger partial charge in [-0.25, -0.2) is 22.8 Å². The lowest BCUT2D eigenvalue weighted by molar-refractivity contribution is -0.134. The molecule has 0 radical (unpaired) electrons. The highest BCUT2D eigenvalue weighted by atomic mass is 19.3. The van der Waals surface area contributed by atoms with E-state index in [2.05, 4.69) is 5.32 Å². The number of nitrogens with zero attached hydrogens (tertiary/aromatic N) is 1. The zero-order valence-electron chi connectivity index (χ0n) is 20.1. The summed E-state index contributed by atoms with van der Waals surface area (Å²) in [6, 6.07) is 2.53. The molecule has 0 unspecified atom stereocenters. The maximum Gasteiger partial charge on any atom is 0.328 e. The van der Waals surface area contributed by atoms with Crippen LogP contribution in [0.5, 0.6) is 11.5 Å². The molecular weight excluding hydrogens is 485 g/mol. The average Bonchev–Trinajstić information content (AvgIpc) is 3.25. The van der Waals surface area contributed by atoms with Crippen LogP contribution in [-0.4, -0.2) is 71.7 Å². The van der Waals surface area contributed by atoms with Gasteiger partial charge in [0, 0.05) is 43.2 Å². The minimum absolute atomic E-state index is 0.0160. The molecule has 2 fully saturated rings. The van der Waals surface area contributed by atoms with E-state index in [0.29, 0.717) is 23.5 Å². The van der Waals surface area contributed by atoms with E-state index in [4.69, 9.17) is 19.7 Å². The van der Waals surface area contributed by atoms with Gasteiger partial charge in [-0.3, -0.25) is 9.69 Å². The van der Waals surface area contributed by atoms with Crippen LogP contribution in [0, 0.1) is 5.82 Å². The topological polar surface area (TPSA) is 125 Å². The number of carbonyl (C=O) groups excluding carboxylic acids is 1. The molecule has 1 aromatic rings. The van der Waals surface area contributed by atoms with Gasteiger partial charge in [-0.2, -0.15) is 0 Å². The standard InChI is InChI=1S/C20H27F3N2O3.C4H4O4/c1-25-9-3-4-16(25)19(26)24-12-13-10-15(21)18(11-17(13)27-2)28-14-5-7-20(22,23)8-6-14;5-3(6)1-2-4(7)8/h10-11,14,16H,3-9,12H2,1-2H3,(H,24,26);1-2H,(H,5,6)(H,7,8)/b;2-1+/t16-;/m0./s1. The van der Waals surface area contributed by atoms with E-state index in [1.807, 2.05) is 11.9 Å². The van der Waals surface area contributed by atoms with Crippen molar-refractivity contribution < 1.29 is 47.2 Å². The Kier molecular flexibility index (Phi) is 10.6. The normalized spacial score (nSPS) is 19.9. The molecule has 1 aromatic carbocycles. The van der Waals surface area contributed by atoms with E-state index < -0.39 is 29.8 Å². The summed E-state index contributed by atoms with van der Waals surface area (Å²) in [6.45, 7) is 1.02. The number of carbonyl (C=O) groups is 3. The van der Waals surface area contributed by atoms with Gasteiger partial charge < -0.3 is 25.0 Å². The van der Waals surface area contributed by atoms with Gasteiger partial charge in [-0.05, 0) is 45.3 Å². The predicted octanol–water partition coefficient (Wildman–Crippen LogP) is 3.21. The zero-order chi connectivity index (χ0) is 26.9. The molecule has 1 amide bonds. The van der Waals surface area contributed by atoms with Crippen molar-refractivity contribution in [1.29, 1.82) is 0 Å². The number of amides is 1. The summed E-state index contributed by atoms with van der Waals surface area (Å²) >= 11 is 0. The van der Waals surface area contributed by atoms with Crippen molar-refractivity contribution in [3.05, 3.63) is 35.7 Å². The summed E-state index contributed by atoms with van der Waals surface area (Å²) in [7, 11) is 3.36. The van der Waals surface area contributed by atoms with Crippen molar-refractivity contribution in [3.63, 3.8) is 0 Å².